The number of hydrogen-bond donors (Lipinski definition) is 5. The Balaban J connectivity index is 0.881. The van der Waals surface area contributed by atoms with Gasteiger partial charge >= 0.3 is 6.03 Å². The number of anilines is 2. The van der Waals surface area contributed by atoms with E-state index < -0.39 is 29.8 Å². The molecule has 3 aromatic carbocycles. The minimum atomic E-state index is -0.848. The van der Waals surface area contributed by atoms with Gasteiger partial charge in [0.25, 0.3) is 11.8 Å². The first-order valence-electron chi connectivity index (χ1n) is 27.4. The third kappa shape index (κ3) is 21.1. The van der Waals surface area contributed by atoms with Crippen molar-refractivity contribution >= 4 is 84.6 Å². The second kappa shape index (κ2) is 33.7. The fourth-order valence-electron chi connectivity index (χ4n) is 8.93. The molecule has 2 aromatic heterocycles. The van der Waals surface area contributed by atoms with Crippen molar-refractivity contribution in [3.05, 3.63) is 124 Å². The van der Waals surface area contributed by atoms with Crippen LogP contribution in [0.15, 0.2) is 119 Å². The van der Waals surface area contributed by atoms with E-state index in [1.165, 1.54) is 0 Å². The summed E-state index contributed by atoms with van der Waals surface area (Å²) < 4.78 is 20.8. The van der Waals surface area contributed by atoms with Crippen LogP contribution < -0.4 is 31.6 Å². The molecular formula is C59H73Br2N10O10+. The van der Waals surface area contributed by atoms with Crippen LogP contribution >= 0.6 is 31.9 Å². The highest BCUT2D eigenvalue weighted by molar-refractivity contribution is 9.14. The summed E-state index contributed by atoms with van der Waals surface area (Å²) in [4.78, 5) is 90.0. The van der Waals surface area contributed by atoms with Gasteiger partial charge in [0.05, 0.1) is 64.0 Å². The lowest BCUT2D eigenvalue weighted by molar-refractivity contribution is -0.687. The molecule has 5 aromatic rings. The number of ether oxygens (including phenoxy) is 3. The molecule has 81 heavy (non-hydrogen) atoms. The number of hydrogen-bond acceptors (Lipinski definition) is 12. The number of nitrogens with zero attached hydrogens (tertiary/aromatic N) is 5. The predicted molar refractivity (Wildman–Crippen MR) is 313 cm³/mol. The summed E-state index contributed by atoms with van der Waals surface area (Å²) >= 11 is 6.17. The molecule has 6 rings (SSSR count). The van der Waals surface area contributed by atoms with Crippen LogP contribution in [0.25, 0.3) is 22.4 Å². The number of pyridine rings is 1. The van der Waals surface area contributed by atoms with E-state index in [2.05, 4.69) is 63.4 Å². The fraction of sp³-hybridized carbons (Fsp3) is 0.424. The number of imide groups is 1. The number of carbonyl (C=O) groups is 7. The summed E-state index contributed by atoms with van der Waals surface area (Å²) in [6, 6.07) is 27.8. The molecule has 7 amide bonds. The number of urea groups is 1. The molecule has 0 fully saturated rings. The lowest BCUT2D eigenvalue weighted by atomic mass is 9.89. The van der Waals surface area contributed by atoms with E-state index in [0.717, 1.165) is 77.2 Å². The number of carbonyl (C=O) groups excluding carboxylic acids is 7. The molecule has 20 nitrogen and oxygen atoms in total. The van der Waals surface area contributed by atoms with E-state index in [4.69, 9.17) is 19.9 Å². The molecule has 0 radical (unpaired) electrons. The zero-order chi connectivity index (χ0) is 57.9. The smallest absolute Gasteiger partial charge is 0.312 e. The number of ketones is 1. The van der Waals surface area contributed by atoms with Gasteiger partial charge in [-0.15, -0.1) is 5.10 Å². The Kier molecular flexibility index (Phi) is 26.3. The number of rotatable bonds is 36. The number of Topliss-reactive ketones (excluding diaryl/α,β-unsaturated/α-hetero) is 1. The Labute approximate surface area is 489 Å². The molecule has 6 N–H and O–H groups in total. The van der Waals surface area contributed by atoms with Gasteiger partial charge in [-0.1, -0.05) is 99.0 Å². The second-order valence-electron chi connectivity index (χ2n) is 19.9. The van der Waals surface area contributed by atoms with E-state index in [1.807, 2.05) is 133 Å². The summed E-state index contributed by atoms with van der Waals surface area (Å²) in [5, 5.41) is 20.2. The van der Waals surface area contributed by atoms with Gasteiger partial charge in [0, 0.05) is 66.8 Å². The quantitative estimate of drug-likeness (QED) is 0.0146. The maximum absolute atomic E-state index is 13.8. The lowest BCUT2D eigenvalue weighted by Gasteiger charge is -2.24. The molecular weight excluding hydrogens is 1170 g/mol. The van der Waals surface area contributed by atoms with Crippen LogP contribution in [0.4, 0.5) is 16.2 Å². The number of nitrogens with two attached hydrogens (primary N) is 1. The third-order valence-electron chi connectivity index (χ3n) is 13.3. The van der Waals surface area contributed by atoms with Crippen LogP contribution in [-0.4, -0.2) is 120 Å². The number of amides is 7. The highest BCUT2D eigenvalue weighted by Crippen LogP contribution is 2.30. The molecule has 0 spiro atoms. The van der Waals surface area contributed by atoms with Gasteiger partial charge in [-0.2, -0.15) is 0 Å². The number of nitrogens with one attached hydrogen (secondary N) is 4. The monoisotopic (exact) mass is 1240 g/mol. The van der Waals surface area contributed by atoms with E-state index in [1.54, 1.807) is 0 Å². The number of benzene rings is 3. The van der Waals surface area contributed by atoms with Gasteiger partial charge in [0.2, 0.25) is 17.7 Å². The van der Waals surface area contributed by atoms with Crippen molar-refractivity contribution in [2.75, 3.05) is 63.4 Å². The lowest BCUT2D eigenvalue weighted by Crippen LogP contribution is -2.45. The standard InChI is InChI=1S/C59H72Br2N10O10/c1-41(2)55(66-52(74)26-31-79-33-35-81-36-34-80-32-30-71-57(76)53(60)54(61)58(71)77)50(72)37-44(17-13-27-63-59(62)78)56(75)64-46-24-22-42(23-25-46)38-69-28-14-18-45(39-69)49-40-70(68-67-49)29-12-5-3-4-9-21-51(73)65-48-20-11-10-19-47(48)43-15-7-6-8-16-43/h6-8,10-11,14-16,18-20,22-25,28,39-41,44,55H,3-5,9,12-13,17,21,26-27,29-38H2,1-2H3,(H5-,62,63,64,65,66,73,74,75,78)/p+1/t44-,55+/m1/s1. The zero-order valence-electron chi connectivity index (χ0n) is 45.9. The molecule has 22 heteroatoms. The molecule has 0 aliphatic carbocycles. The maximum atomic E-state index is 13.8. The highest BCUT2D eigenvalue weighted by Gasteiger charge is 2.35. The number of aryl methyl sites for hydroxylation is 1. The van der Waals surface area contributed by atoms with Crippen LogP contribution in [0.1, 0.15) is 83.6 Å². The highest BCUT2D eigenvalue weighted by atomic mass is 79.9. The van der Waals surface area contributed by atoms with E-state index in [0.29, 0.717) is 25.1 Å². The van der Waals surface area contributed by atoms with Crippen LogP contribution in [0.3, 0.4) is 0 Å². The predicted octanol–water partition coefficient (Wildman–Crippen LogP) is 7.84. The molecule has 0 bridgehead atoms. The van der Waals surface area contributed by atoms with Crippen molar-refractivity contribution < 1.29 is 52.3 Å². The Morgan fingerprint density at radius 2 is 1.35 bits per heavy atom. The number of para-hydroxylation sites is 1. The van der Waals surface area contributed by atoms with Crippen molar-refractivity contribution in [3.63, 3.8) is 0 Å². The fourth-order valence-corrected chi connectivity index (χ4v) is 9.69. The SMILES string of the molecule is CC(C)[C@H](NC(=O)CCOCCOCCOCCN1C(=O)C(Br)=C(Br)C1=O)C(=O)C[C@@H](CCCNC(N)=O)C(=O)Nc1ccc(C[n+]2cccc(-c3cn(CCCCCCCC(=O)Nc4ccccc4-c4ccccc4)nn3)c2)cc1. The molecule has 432 valence electrons. The van der Waals surface area contributed by atoms with Gasteiger partial charge < -0.3 is 41.2 Å². The number of unbranched alkanes of at least 4 members (excludes halogenated alkanes) is 4. The molecule has 0 unspecified atom stereocenters. The molecule has 0 saturated heterocycles. The van der Waals surface area contributed by atoms with Crippen LogP contribution in [-0.2, 0) is 56.1 Å². The number of halogens is 2. The Morgan fingerprint density at radius 3 is 2.06 bits per heavy atom. The zero-order valence-corrected chi connectivity index (χ0v) is 49.1. The average molecular weight is 1240 g/mol. The summed E-state index contributed by atoms with van der Waals surface area (Å²) in [6.45, 7) is 6.48. The van der Waals surface area contributed by atoms with Gasteiger partial charge in [0.15, 0.2) is 24.7 Å². The van der Waals surface area contributed by atoms with Crippen LogP contribution in [0.2, 0.25) is 0 Å². The summed E-state index contributed by atoms with van der Waals surface area (Å²) in [6.07, 6.45) is 11.7. The largest absolute Gasteiger partial charge is 0.379 e. The Morgan fingerprint density at radius 1 is 0.691 bits per heavy atom. The first-order chi connectivity index (χ1) is 39.2. The third-order valence-corrected chi connectivity index (χ3v) is 15.3. The topological polar surface area (TPSA) is 259 Å². The van der Waals surface area contributed by atoms with Gasteiger partial charge in [-0.25, -0.2) is 9.36 Å². The summed E-state index contributed by atoms with van der Waals surface area (Å²) in [7, 11) is 0. The number of primary amides is 1. The first-order valence-corrected chi connectivity index (χ1v) is 29.0. The van der Waals surface area contributed by atoms with Crippen molar-refractivity contribution in [2.24, 2.45) is 17.6 Å². The van der Waals surface area contributed by atoms with Crippen LogP contribution in [0, 0.1) is 11.8 Å². The minimum absolute atomic E-state index is 0.00141. The van der Waals surface area contributed by atoms with Gasteiger partial charge in [-0.3, -0.25) is 38.3 Å². The molecule has 2 atom stereocenters. The normalized spacial score (nSPS) is 13.1. The maximum Gasteiger partial charge on any atom is 0.312 e. The van der Waals surface area contributed by atoms with Crippen LogP contribution in [0.5, 0.6) is 0 Å². The first kappa shape index (κ1) is 63.2. The summed E-state index contributed by atoms with van der Waals surface area (Å²) in [5.41, 5.74) is 11.4. The van der Waals surface area contributed by atoms with Crippen molar-refractivity contribution in [1.29, 1.82) is 0 Å². The molecule has 3 heterocycles. The second-order valence-corrected chi connectivity index (χ2v) is 21.4. The van der Waals surface area contributed by atoms with Gasteiger partial charge in [-0.05, 0) is 93.3 Å². The summed E-state index contributed by atoms with van der Waals surface area (Å²) in [5.74, 6) is -2.90. The Hall–Kier alpha value is -6.98. The number of aromatic nitrogens is 4. The van der Waals surface area contributed by atoms with E-state index >= 15 is 0 Å². The van der Waals surface area contributed by atoms with E-state index in [9.17, 15) is 33.6 Å². The molecule has 1 aliphatic rings. The van der Waals surface area contributed by atoms with E-state index in [-0.39, 0.29) is 110 Å². The van der Waals surface area contributed by atoms with Crippen molar-refractivity contribution in [3.8, 4) is 22.4 Å². The molecule has 0 saturated carbocycles. The Bertz CT molecular complexity index is 2900. The average Bonchev–Trinajstić information content (AvgIpc) is 4.08. The van der Waals surface area contributed by atoms with Crippen molar-refractivity contribution in [2.45, 2.75) is 97.2 Å². The minimum Gasteiger partial charge on any atom is -0.379 e. The molecule has 1 aliphatic heterocycles. The van der Waals surface area contributed by atoms with Gasteiger partial charge in [0.1, 0.15) is 14.7 Å². The van der Waals surface area contributed by atoms with Crippen molar-refractivity contribution in [1.82, 2.24) is 30.5 Å².